The lowest BCUT2D eigenvalue weighted by Gasteiger charge is -2.51. The number of carboxylic acid groups (broad SMARTS) is 1. The molecule has 0 aromatic heterocycles. The highest BCUT2D eigenvalue weighted by atomic mass is 16.5. The van der Waals surface area contributed by atoms with Gasteiger partial charge in [-0.3, -0.25) is 15.3 Å². The van der Waals surface area contributed by atoms with E-state index in [4.69, 9.17) is 10.5 Å². The van der Waals surface area contributed by atoms with Gasteiger partial charge in [0.05, 0.1) is 6.42 Å². The Hall–Kier alpha value is -3.12. The summed E-state index contributed by atoms with van der Waals surface area (Å²) in [5.74, 6) is -0.959. The second-order valence-corrected chi connectivity index (χ2v) is 7.68. The molecule has 2 heterocycles. The summed E-state index contributed by atoms with van der Waals surface area (Å²) in [5, 5.41) is 9.48. The number of fused-ring (bicyclic) bond motifs is 2. The van der Waals surface area contributed by atoms with Gasteiger partial charge in [0.1, 0.15) is 5.75 Å². The average molecular weight is 392 g/mol. The summed E-state index contributed by atoms with van der Waals surface area (Å²) >= 11 is 0. The number of hydrogen-bond acceptors (Lipinski definition) is 4. The molecule has 3 atom stereocenters. The predicted molar refractivity (Wildman–Crippen MR) is 109 cm³/mol. The molecule has 2 aromatic rings. The Balaban J connectivity index is 1.58. The van der Waals surface area contributed by atoms with Crippen LogP contribution >= 0.6 is 0 Å². The Morgan fingerprint density at radius 2 is 1.90 bits per heavy atom. The molecular formula is C23H24N2O4. The number of nitrogens with zero attached hydrogens (tertiary/aromatic N) is 1. The molecule has 1 saturated heterocycles. The number of benzene rings is 2. The summed E-state index contributed by atoms with van der Waals surface area (Å²) < 4.78 is 6.12. The van der Waals surface area contributed by atoms with E-state index >= 15 is 0 Å². The van der Waals surface area contributed by atoms with Gasteiger partial charge in [0, 0.05) is 37.4 Å². The number of ether oxygens (including phenoxy) is 1. The lowest BCUT2D eigenvalue weighted by molar-refractivity contribution is -0.141. The molecule has 2 aliphatic rings. The van der Waals surface area contributed by atoms with E-state index in [1.165, 1.54) is 0 Å². The molecule has 0 aliphatic carbocycles. The van der Waals surface area contributed by atoms with Crippen LogP contribution in [0.15, 0.2) is 60.7 Å². The van der Waals surface area contributed by atoms with Gasteiger partial charge in [-0.05, 0) is 23.3 Å². The van der Waals surface area contributed by atoms with Crippen LogP contribution in [0.2, 0.25) is 0 Å². The summed E-state index contributed by atoms with van der Waals surface area (Å²) in [6.07, 6.45) is 3.75. The highest BCUT2D eigenvalue weighted by Crippen LogP contribution is 2.47. The molecule has 6 heteroatoms. The SMILES string of the molecule is NC12CCN(C(=O)/C=C/c3ccccc3)CC1C(CC(=O)O)c1ccccc1O2. The normalized spacial score (nSPS) is 25.8. The van der Waals surface area contributed by atoms with Crippen LogP contribution in [0.5, 0.6) is 5.75 Å². The van der Waals surface area contributed by atoms with Crippen molar-refractivity contribution in [3.05, 3.63) is 71.8 Å². The maximum absolute atomic E-state index is 12.8. The fourth-order valence-electron chi connectivity index (χ4n) is 4.35. The molecule has 0 radical (unpaired) electrons. The third-order valence-corrected chi connectivity index (χ3v) is 5.85. The number of likely N-dealkylation sites (tertiary alicyclic amines) is 1. The summed E-state index contributed by atoms with van der Waals surface area (Å²) in [7, 11) is 0. The molecular weight excluding hydrogens is 368 g/mol. The van der Waals surface area contributed by atoms with Crippen molar-refractivity contribution in [2.45, 2.75) is 24.5 Å². The molecule has 2 aliphatic heterocycles. The number of rotatable bonds is 4. The Morgan fingerprint density at radius 3 is 2.66 bits per heavy atom. The molecule has 3 unspecified atom stereocenters. The molecule has 1 fully saturated rings. The summed E-state index contributed by atoms with van der Waals surface area (Å²) in [6, 6.07) is 17.1. The maximum atomic E-state index is 12.8. The summed E-state index contributed by atoms with van der Waals surface area (Å²) in [6.45, 7) is 0.827. The first-order valence-corrected chi connectivity index (χ1v) is 9.77. The van der Waals surface area contributed by atoms with Crippen LogP contribution in [0.3, 0.4) is 0 Å². The Morgan fingerprint density at radius 1 is 1.17 bits per heavy atom. The quantitative estimate of drug-likeness (QED) is 0.781. The standard InChI is InChI=1S/C23H24N2O4/c24-23-12-13-25(21(26)11-10-16-6-2-1-3-7-16)15-19(23)18(14-22(27)28)17-8-4-5-9-20(17)29-23/h1-11,18-19H,12-15,24H2,(H,27,28)/b11-10+. The maximum Gasteiger partial charge on any atom is 0.303 e. The van der Waals surface area contributed by atoms with Gasteiger partial charge in [0.25, 0.3) is 0 Å². The second kappa shape index (κ2) is 7.72. The highest BCUT2D eigenvalue weighted by molar-refractivity contribution is 5.91. The van der Waals surface area contributed by atoms with Crippen molar-refractivity contribution in [2.75, 3.05) is 13.1 Å². The van der Waals surface area contributed by atoms with E-state index in [1.807, 2.05) is 54.6 Å². The molecule has 0 saturated carbocycles. The van der Waals surface area contributed by atoms with E-state index in [2.05, 4.69) is 0 Å². The number of carboxylic acids is 1. The number of amides is 1. The van der Waals surface area contributed by atoms with Crippen LogP contribution in [0.1, 0.15) is 29.9 Å². The van der Waals surface area contributed by atoms with Crippen LogP contribution in [0.4, 0.5) is 0 Å². The lowest BCUT2D eigenvalue weighted by atomic mass is 9.72. The van der Waals surface area contributed by atoms with E-state index in [0.717, 1.165) is 11.1 Å². The number of carbonyl (C=O) groups excluding carboxylic acids is 1. The van der Waals surface area contributed by atoms with Crippen molar-refractivity contribution in [3.63, 3.8) is 0 Å². The smallest absolute Gasteiger partial charge is 0.303 e. The van der Waals surface area contributed by atoms with Crippen molar-refractivity contribution in [3.8, 4) is 5.75 Å². The van der Waals surface area contributed by atoms with Gasteiger partial charge < -0.3 is 14.7 Å². The third kappa shape index (κ3) is 3.89. The van der Waals surface area contributed by atoms with E-state index in [1.54, 1.807) is 17.1 Å². The Kier molecular flexibility index (Phi) is 5.11. The number of piperidine rings is 1. The fourth-order valence-corrected chi connectivity index (χ4v) is 4.35. The lowest BCUT2D eigenvalue weighted by Crippen LogP contribution is -2.64. The number of nitrogens with two attached hydrogens (primary N) is 1. The first kappa shape index (κ1) is 19.2. The molecule has 4 rings (SSSR count). The van der Waals surface area contributed by atoms with Crippen molar-refractivity contribution in [1.82, 2.24) is 4.90 Å². The molecule has 0 spiro atoms. The third-order valence-electron chi connectivity index (χ3n) is 5.85. The Labute approximate surface area is 169 Å². The van der Waals surface area contributed by atoms with Crippen LogP contribution in [0, 0.1) is 5.92 Å². The zero-order valence-corrected chi connectivity index (χ0v) is 16.0. The number of hydrogen-bond donors (Lipinski definition) is 2. The molecule has 0 bridgehead atoms. The summed E-state index contributed by atoms with van der Waals surface area (Å²) in [5.41, 5.74) is 7.42. The van der Waals surface area contributed by atoms with E-state index in [-0.39, 0.29) is 24.2 Å². The fraction of sp³-hybridized carbons (Fsp3) is 0.304. The molecule has 3 N–H and O–H groups in total. The van der Waals surface area contributed by atoms with Gasteiger partial charge >= 0.3 is 5.97 Å². The van der Waals surface area contributed by atoms with Gasteiger partial charge in [-0.2, -0.15) is 0 Å². The number of carbonyl (C=O) groups is 2. The van der Waals surface area contributed by atoms with E-state index in [0.29, 0.717) is 25.3 Å². The molecule has 2 aromatic carbocycles. The van der Waals surface area contributed by atoms with Crippen LogP contribution in [-0.4, -0.2) is 40.7 Å². The molecule has 29 heavy (non-hydrogen) atoms. The zero-order valence-electron chi connectivity index (χ0n) is 16.0. The van der Waals surface area contributed by atoms with Crippen molar-refractivity contribution in [2.24, 2.45) is 11.7 Å². The minimum Gasteiger partial charge on any atom is -0.481 e. The number of aliphatic carboxylic acids is 1. The molecule has 6 nitrogen and oxygen atoms in total. The van der Waals surface area contributed by atoms with Gasteiger partial charge in [-0.15, -0.1) is 0 Å². The monoisotopic (exact) mass is 392 g/mol. The average Bonchev–Trinajstić information content (AvgIpc) is 2.71. The first-order chi connectivity index (χ1) is 14.0. The highest BCUT2D eigenvalue weighted by Gasteiger charge is 2.51. The Bertz CT molecular complexity index is 943. The van der Waals surface area contributed by atoms with Crippen LogP contribution in [0.25, 0.3) is 6.08 Å². The van der Waals surface area contributed by atoms with E-state index < -0.39 is 11.7 Å². The van der Waals surface area contributed by atoms with E-state index in [9.17, 15) is 14.7 Å². The van der Waals surface area contributed by atoms with Crippen molar-refractivity contribution in [1.29, 1.82) is 0 Å². The van der Waals surface area contributed by atoms with Crippen LogP contribution < -0.4 is 10.5 Å². The zero-order chi connectivity index (χ0) is 20.4. The van der Waals surface area contributed by atoms with Crippen LogP contribution in [-0.2, 0) is 9.59 Å². The summed E-state index contributed by atoms with van der Waals surface area (Å²) in [4.78, 5) is 26.1. The molecule has 150 valence electrons. The van der Waals surface area contributed by atoms with Gasteiger partial charge in [0.15, 0.2) is 5.72 Å². The minimum atomic E-state index is -0.978. The van der Waals surface area contributed by atoms with Crippen molar-refractivity contribution >= 4 is 18.0 Å². The largest absolute Gasteiger partial charge is 0.481 e. The topological polar surface area (TPSA) is 92.9 Å². The van der Waals surface area contributed by atoms with Gasteiger partial charge in [-0.25, -0.2) is 0 Å². The van der Waals surface area contributed by atoms with Gasteiger partial charge in [0.2, 0.25) is 5.91 Å². The second-order valence-electron chi connectivity index (χ2n) is 7.68. The van der Waals surface area contributed by atoms with Gasteiger partial charge in [-0.1, -0.05) is 48.5 Å². The first-order valence-electron chi connectivity index (χ1n) is 9.77. The van der Waals surface area contributed by atoms with Crippen molar-refractivity contribution < 1.29 is 19.4 Å². The minimum absolute atomic E-state index is 0.0497. The molecule has 1 amide bonds. The predicted octanol–water partition coefficient (Wildman–Crippen LogP) is 2.85. The number of para-hydroxylation sites is 1.